The van der Waals surface area contributed by atoms with Crippen LogP contribution in [0.15, 0.2) is 63.0 Å². The van der Waals surface area contributed by atoms with Crippen LogP contribution in [0.2, 0.25) is 0 Å². The second-order valence-corrected chi connectivity index (χ2v) is 10.4. The number of hydrogen-bond donors (Lipinski definition) is 1. The SMILES string of the molecule is CS(=O)(=O)c1ccc(Nc2nc(/C=C/c3ccc(N=O)o3)nc3cc(N4CCOCC4)c(F)cc23)cc1. The zero-order valence-corrected chi connectivity index (χ0v) is 20.5. The number of hydrogen-bond acceptors (Lipinski definition) is 10. The Hall–Kier alpha value is -4.16. The van der Waals surface area contributed by atoms with E-state index in [-0.39, 0.29) is 10.8 Å². The normalized spacial score (nSPS) is 14.4. The molecule has 1 aliphatic rings. The minimum absolute atomic E-state index is 0.0513. The highest BCUT2D eigenvalue weighted by atomic mass is 32.2. The van der Waals surface area contributed by atoms with Crippen molar-refractivity contribution in [1.82, 2.24) is 9.97 Å². The number of nitrogens with one attached hydrogen (secondary N) is 1. The fraction of sp³-hybridized carbons (Fsp3) is 0.200. The van der Waals surface area contributed by atoms with Gasteiger partial charge in [-0.05, 0) is 54.6 Å². The van der Waals surface area contributed by atoms with Gasteiger partial charge in [0.05, 0.1) is 29.3 Å². The molecule has 5 rings (SSSR count). The summed E-state index contributed by atoms with van der Waals surface area (Å²) in [4.78, 5) is 21.9. The Morgan fingerprint density at radius 3 is 2.49 bits per heavy atom. The highest BCUT2D eigenvalue weighted by molar-refractivity contribution is 7.90. The van der Waals surface area contributed by atoms with E-state index in [4.69, 9.17) is 9.15 Å². The van der Waals surface area contributed by atoms with Crippen LogP contribution in [0, 0.1) is 10.7 Å². The quantitative estimate of drug-likeness (QED) is 0.336. The number of rotatable bonds is 7. The number of furan rings is 1. The van der Waals surface area contributed by atoms with Crippen molar-refractivity contribution in [3.8, 4) is 0 Å². The van der Waals surface area contributed by atoms with Crippen LogP contribution in [0.4, 0.5) is 27.5 Å². The number of anilines is 3. The smallest absolute Gasteiger partial charge is 0.260 e. The summed E-state index contributed by atoms with van der Waals surface area (Å²) in [5.74, 6) is 0.557. The van der Waals surface area contributed by atoms with E-state index < -0.39 is 15.7 Å². The predicted molar refractivity (Wildman–Crippen MR) is 138 cm³/mol. The van der Waals surface area contributed by atoms with Gasteiger partial charge in [0.1, 0.15) is 17.4 Å². The van der Waals surface area contributed by atoms with Crippen molar-refractivity contribution in [3.05, 3.63) is 70.8 Å². The maximum absolute atomic E-state index is 15.2. The molecular weight excluding hydrogens is 501 g/mol. The van der Waals surface area contributed by atoms with Crippen molar-refractivity contribution < 1.29 is 22.0 Å². The molecule has 0 radical (unpaired) electrons. The van der Waals surface area contributed by atoms with Gasteiger partial charge in [-0.1, -0.05) is 0 Å². The van der Waals surface area contributed by atoms with Crippen LogP contribution in [-0.4, -0.2) is 50.9 Å². The Kier molecular flexibility index (Phi) is 6.68. The predicted octanol–water partition coefficient (Wildman–Crippen LogP) is 4.91. The number of aromatic nitrogens is 2. The zero-order valence-electron chi connectivity index (χ0n) is 19.7. The molecule has 12 heteroatoms. The van der Waals surface area contributed by atoms with E-state index in [2.05, 4.69) is 20.5 Å². The Balaban J connectivity index is 1.57. The third-order valence-electron chi connectivity index (χ3n) is 5.78. The third-order valence-corrected chi connectivity index (χ3v) is 6.91. The molecule has 1 aliphatic heterocycles. The molecule has 1 saturated heterocycles. The van der Waals surface area contributed by atoms with Crippen molar-refractivity contribution in [2.75, 3.05) is 42.8 Å². The van der Waals surface area contributed by atoms with Crippen LogP contribution in [0.3, 0.4) is 0 Å². The van der Waals surface area contributed by atoms with E-state index in [0.717, 1.165) is 6.26 Å². The van der Waals surface area contributed by atoms with Gasteiger partial charge in [0, 0.05) is 41.7 Å². The maximum atomic E-state index is 15.2. The number of halogens is 1. The summed E-state index contributed by atoms with van der Waals surface area (Å²) in [7, 11) is -3.35. The second-order valence-electron chi connectivity index (χ2n) is 8.37. The lowest BCUT2D eigenvalue weighted by atomic mass is 10.1. The van der Waals surface area contributed by atoms with Crippen molar-refractivity contribution in [2.45, 2.75) is 4.90 Å². The summed E-state index contributed by atoms with van der Waals surface area (Å²) in [6.45, 7) is 2.13. The van der Waals surface area contributed by atoms with Crippen LogP contribution in [0.1, 0.15) is 11.6 Å². The second kappa shape index (κ2) is 10.1. The van der Waals surface area contributed by atoms with Crippen LogP contribution in [-0.2, 0) is 14.6 Å². The summed E-state index contributed by atoms with van der Waals surface area (Å²) in [6.07, 6.45) is 4.32. The molecule has 2 aromatic carbocycles. The van der Waals surface area contributed by atoms with Gasteiger partial charge in [0.2, 0.25) is 0 Å². The van der Waals surface area contributed by atoms with E-state index in [1.807, 2.05) is 4.90 Å². The third kappa shape index (κ3) is 5.49. The summed E-state index contributed by atoms with van der Waals surface area (Å²) >= 11 is 0. The fourth-order valence-electron chi connectivity index (χ4n) is 3.93. The van der Waals surface area contributed by atoms with E-state index in [9.17, 15) is 13.3 Å². The average molecular weight is 524 g/mol. The molecule has 0 spiro atoms. The molecular formula is C25H22FN5O5S. The van der Waals surface area contributed by atoms with E-state index in [0.29, 0.717) is 66.0 Å². The first-order valence-electron chi connectivity index (χ1n) is 11.3. The van der Waals surface area contributed by atoms with Gasteiger partial charge in [-0.25, -0.2) is 22.8 Å². The number of sulfone groups is 1. The van der Waals surface area contributed by atoms with E-state index in [1.54, 1.807) is 36.4 Å². The molecule has 37 heavy (non-hydrogen) atoms. The fourth-order valence-corrected chi connectivity index (χ4v) is 4.56. The molecule has 2 aromatic heterocycles. The molecule has 190 valence electrons. The maximum Gasteiger partial charge on any atom is 0.260 e. The van der Waals surface area contributed by atoms with Gasteiger partial charge < -0.3 is 19.4 Å². The summed E-state index contributed by atoms with van der Waals surface area (Å²) in [5, 5.41) is 6.35. The monoisotopic (exact) mass is 523 g/mol. The van der Waals surface area contributed by atoms with Gasteiger partial charge in [-0.3, -0.25) is 0 Å². The number of benzene rings is 2. The Morgan fingerprint density at radius 1 is 1.05 bits per heavy atom. The molecule has 0 amide bonds. The van der Waals surface area contributed by atoms with Gasteiger partial charge in [-0.2, -0.15) is 0 Å². The Bertz CT molecular complexity index is 1600. The van der Waals surface area contributed by atoms with Crippen LogP contribution in [0.5, 0.6) is 0 Å². The van der Waals surface area contributed by atoms with Gasteiger partial charge in [-0.15, -0.1) is 4.91 Å². The molecule has 1 fully saturated rings. The Morgan fingerprint density at radius 2 is 1.81 bits per heavy atom. The molecule has 0 unspecified atom stereocenters. The average Bonchev–Trinajstić information content (AvgIpc) is 3.36. The van der Waals surface area contributed by atoms with Crippen molar-refractivity contribution in [3.63, 3.8) is 0 Å². The number of nitrogens with zero attached hydrogens (tertiary/aromatic N) is 4. The van der Waals surface area contributed by atoms with Crippen molar-refractivity contribution >= 4 is 56.0 Å². The summed E-state index contributed by atoms with van der Waals surface area (Å²) in [5.41, 5.74) is 1.48. The lowest BCUT2D eigenvalue weighted by Crippen LogP contribution is -2.36. The molecule has 10 nitrogen and oxygen atoms in total. The van der Waals surface area contributed by atoms with Crippen molar-refractivity contribution in [1.29, 1.82) is 0 Å². The zero-order chi connectivity index (χ0) is 26.0. The molecule has 0 saturated carbocycles. The van der Waals surface area contributed by atoms with Gasteiger partial charge in [0.25, 0.3) is 5.88 Å². The molecule has 4 aromatic rings. The number of morpholine rings is 1. The summed E-state index contributed by atoms with van der Waals surface area (Å²) < 4.78 is 49.5. The van der Waals surface area contributed by atoms with Crippen molar-refractivity contribution in [2.24, 2.45) is 5.18 Å². The highest BCUT2D eigenvalue weighted by Crippen LogP contribution is 2.31. The van der Waals surface area contributed by atoms with Crippen LogP contribution in [0.25, 0.3) is 23.1 Å². The topological polar surface area (TPSA) is 127 Å². The first-order chi connectivity index (χ1) is 17.8. The number of fused-ring (bicyclic) bond motifs is 1. The number of ether oxygens (including phenoxy) is 1. The first kappa shape index (κ1) is 24.5. The van der Waals surface area contributed by atoms with E-state index in [1.165, 1.54) is 24.3 Å². The van der Waals surface area contributed by atoms with Gasteiger partial charge >= 0.3 is 0 Å². The van der Waals surface area contributed by atoms with Gasteiger partial charge in [0.15, 0.2) is 15.7 Å². The highest BCUT2D eigenvalue weighted by Gasteiger charge is 2.19. The molecule has 0 atom stereocenters. The lowest BCUT2D eigenvalue weighted by Gasteiger charge is -2.29. The lowest BCUT2D eigenvalue weighted by molar-refractivity contribution is 0.122. The Labute approximate surface area is 211 Å². The molecule has 0 bridgehead atoms. The largest absolute Gasteiger partial charge is 0.436 e. The first-order valence-corrected chi connectivity index (χ1v) is 13.2. The minimum Gasteiger partial charge on any atom is -0.436 e. The standard InChI is InChI=1S/C25H22FN5O5S/c1-37(33,34)18-6-2-16(3-7-18)27-25-19-14-20(26)22(31-10-12-35-13-11-31)15-21(19)28-23(29-25)8-4-17-5-9-24(30-32)36-17/h2-9,14-15H,10-13H2,1H3,(H,27,28,29)/b8-4+. The molecule has 1 N–H and O–H groups in total. The van der Waals surface area contributed by atoms with Crippen LogP contribution < -0.4 is 10.2 Å². The molecule has 3 heterocycles. The minimum atomic E-state index is -3.35. The summed E-state index contributed by atoms with van der Waals surface area (Å²) in [6, 6.07) is 12.3. The van der Waals surface area contributed by atoms with E-state index >= 15 is 4.39 Å². The van der Waals surface area contributed by atoms with Crippen LogP contribution >= 0.6 is 0 Å². The number of nitroso groups, excluding NO2 is 1. The molecule has 0 aliphatic carbocycles.